The van der Waals surface area contributed by atoms with Gasteiger partial charge in [0.25, 0.3) is 0 Å². The maximum Gasteiger partial charge on any atom is 0.240 e. The van der Waals surface area contributed by atoms with Crippen LogP contribution in [0.5, 0.6) is 0 Å². The number of hydrogen-bond acceptors (Lipinski definition) is 3. The number of carbonyl (C=O) groups excluding carboxylic acids is 1. The van der Waals surface area contributed by atoms with E-state index >= 15 is 0 Å². The fourth-order valence-electron chi connectivity index (χ4n) is 2.61. The van der Waals surface area contributed by atoms with Crippen LogP contribution in [-0.4, -0.2) is 20.9 Å². The van der Waals surface area contributed by atoms with Crippen molar-refractivity contribution >= 4 is 26.7 Å². The molecule has 0 saturated carbocycles. The molecule has 0 bridgehead atoms. The van der Waals surface area contributed by atoms with Crippen LogP contribution >= 0.6 is 0 Å². The number of benzene rings is 3. The molecule has 0 radical (unpaired) electrons. The first-order valence-corrected chi connectivity index (χ1v) is 9.92. The maximum atomic E-state index is 12.8. The molecule has 0 aliphatic rings. The first kappa shape index (κ1) is 19.0. The highest BCUT2D eigenvalue weighted by Crippen LogP contribution is 2.18. The van der Waals surface area contributed by atoms with Crippen LogP contribution in [0.4, 0.5) is 4.39 Å². The Hall–Kier alpha value is -2.77. The Balaban J connectivity index is 1.52. The lowest BCUT2D eigenvalue weighted by molar-refractivity contribution is -0.121. The largest absolute Gasteiger partial charge is 0.352 e. The third kappa shape index (κ3) is 5.12. The molecule has 3 rings (SSSR count). The monoisotopic (exact) mass is 386 g/mol. The minimum atomic E-state index is -3.69. The lowest BCUT2D eigenvalue weighted by Crippen LogP contribution is -2.30. The standard InChI is InChI=1S/C20H19FN2O3S/c21-18-8-5-15(6-9-18)14-22-20(24)11-12-23-27(25,26)19-10-7-16-3-1-2-4-17(16)13-19/h1-10,13,23H,11-12,14H2,(H,22,24). The zero-order valence-corrected chi connectivity index (χ0v) is 15.3. The average Bonchev–Trinajstić information content (AvgIpc) is 2.67. The average molecular weight is 386 g/mol. The van der Waals surface area contributed by atoms with E-state index in [4.69, 9.17) is 0 Å². The summed E-state index contributed by atoms with van der Waals surface area (Å²) in [6.07, 6.45) is 0.00794. The van der Waals surface area contributed by atoms with E-state index in [1.807, 2.05) is 24.3 Å². The van der Waals surface area contributed by atoms with Crippen LogP contribution in [0, 0.1) is 5.82 Å². The van der Waals surface area contributed by atoms with Gasteiger partial charge in [0, 0.05) is 19.5 Å². The molecule has 2 N–H and O–H groups in total. The van der Waals surface area contributed by atoms with Crippen molar-refractivity contribution in [3.63, 3.8) is 0 Å². The van der Waals surface area contributed by atoms with Crippen LogP contribution in [0.15, 0.2) is 71.6 Å². The molecule has 0 fully saturated rings. The van der Waals surface area contributed by atoms with E-state index in [9.17, 15) is 17.6 Å². The second kappa shape index (κ2) is 8.28. The fraction of sp³-hybridized carbons (Fsp3) is 0.150. The second-order valence-electron chi connectivity index (χ2n) is 6.06. The van der Waals surface area contributed by atoms with E-state index in [2.05, 4.69) is 10.0 Å². The Morgan fingerprint density at radius 1 is 0.926 bits per heavy atom. The first-order chi connectivity index (χ1) is 12.9. The quantitative estimate of drug-likeness (QED) is 0.656. The van der Waals surface area contributed by atoms with Crippen molar-refractivity contribution in [1.29, 1.82) is 0 Å². The van der Waals surface area contributed by atoms with Crippen LogP contribution in [0.1, 0.15) is 12.0 Å². The summed E-state index contributed by atoms with van der Waals surface area (Å²) in [6, 6.07) is 18.2. The van der Waals surface area contributed by atoms with Gasteiger partial charge in [0.2, 0.25) is 15.9 Å². The summed E-state index contributed by atoms with van der Waals surface area (Å²) >= 11 is 0. The van der Waals surface area contributed by atoms with Gasteiger partial charge in [-0.2, -0.15) is 0 Å². The molecule has 0 heterocycles. The highest BCUT2D eigenvalue weighted by Gasteiger charge is 2.14. The van der Waals surface area contributed by atoms with E-state index in [-0.39, 0.29) is 36.1 Å². The zero-order chi connectivity index (χ0) is 19.3. The Kier molecular flexibility index (Phi) is 5.83. The van der Waals surface area contributed by atoms with Gasteiger partial charge in [-0.15, -0.1) is 0 Å². The van der Waals surface area contributed by atoms with Gasteiger partial charge in [-0.3, -0.25) is 4.79 Å². The van der Waals surface area contributed by atoms with E-state index in [0.717, 1.165) is 16.3 Å². The number of fused-ring (bicyclic) bond motifs is 1. The smallest absolute Gasteiger partial charge is 0.240 e. The lowest BCUT2D eigenvalue weighted by Gasteiger charge is -2.09. The molecule has 1 amide bonds. The topological polar surface area (TPSA) is 75.3 Å². The minimum Gasteiger partial charge on any atom is -0.352 e. The summed E-state index contributed by atoms with van der Waals surface area (Å²) in [5.41, 5.74) is 0.765. The van der Waals surface area contributed by atoms with Gasteiger partial charge in [-0.1, -0.05) is 42.5 Å². The number of amides is 1. The van der Waals surface area contributed by atoms with Crippen LogP contribution in [0.3, 0.4) is 0 Å². The van der Waals surface area contributed by atoms with Crippen molar-refractivity contribution in [3.8, 4) is 0 Å². The van der Waals surface area contributed by atoms with E-state index < -0.39 is 10.0 Å². The molecular formula is C20H19FN2O3S. The Bertz CT molecular complexity index is 1050. The molecule has 3 aromatic carbocycles. The molecule has 0 aliphatic carbocycles. The number of sulfonamides is 1. The highest BCUT2D eigenvalue weighted by atomic mass is 32.2. The van der Waals surface area contributed by atoms with Gasteiger partial charge in [0.05, 0.1) is 4.90 Å². The number of carbonyl (C=O) groups is 1. The molecule has 0 unspecified atom stereocenters. The normalized spacial score (nSPS) is 11.4. The van der Waals surface area contributed by atoms with Crippen LogP contribution < -0.4 is 10.0 Å². The highest BCUT2D eigenvalue weighted by molar-refractivity contribution is 7.89. The van der Waals surface area contributed by atoms with Crippen molar-refractivity contribution in [2.45, 2.75) is 17.9 Å². The number of nitrogens with one attached hydrogen (secondary N) is 2. The predicted molar refractivity (Wildman–Crippen MR) is 102 cm³/mol. The van der Waals surface area contributed by atoms with Gasteiger partial charge >= 0.3 is 0 Å². The van der Waals surface area contributed by atoms with Crippen LogP contribution in [-0.2, 0) is 21.4 Å². The predicted octanol–water partition coefficient (Wildman–Crippen LogP) is 2.96. The fourth-order valence-corrected chi connectivity index (χ4v) is 3.67. The summed E-state index contributed by atoms with van der Waals surface area (Å²) in [5, 5.41) is 4.46. The van der Waals surface area contributed by atoms with Gasteiger partial charge in [-0.05, 0) is 40.6 Å². The van der Waals surface area contributed by atoms with Gasteiger partial charge in [-0.25, -0.2) is 17.5 Å². The third-order valence-electron chi connectivity index (χ3n) is 4.08. The van der Waals surface area contributed by atoms with Crippen molar-refractivity contribution in [1.82, 2.24) is 10.0 Å². The molecule has 0 aliphatic heterocycles. The zero-order valence-electron chi connectivity index (χ0n) is 14.5. The SMILES string of the molecule is O=C(CCNS(=O)(=O)c1ccc2ccccc2c1)NCc1ccc(F)cc1. The van der Waals surface area contributed by atoms with Crippen molar-refractivity contribution in [2.24, 2.45) is 0 Å². The molecular weight excluding hydrogens is 367 g/mol. The molecule has 140 valence electrons. The molecule has 5 nitrogen and oxygen atoms in total. The third-order valence-corrected chi connectivity index (χ3v) is 5.54. The Morgan fingerprint density at radius 2 is 1.63 bits per heavy atom. The molecule has 0 aromatic heterocycles. The molecule has 0 saturated heterocycles. The second-order valence-corrected chi connectivity index (χ2v) is 7.83. The van der Waals surface area contributed by atoms with Crippen LogP contribution in [0.25, 0.3) is 10.8 Å². The molecule has 27 heavy (non-hydrogen) atoms. The van der Waals surface area contributed by atoms with E-state index in [1.165, 1.54) is 12.1 Å². The molecule has 0 spiro atoms. The van der Waals surface area contributed by atoms with Gasteiger partial charge in [0.15, 0.2) is 0 Å². The summed E-state index contributed by atoms with van der Waals surface area (Å²) < 4.78 is 40.1. The van der Waals surface area contributed by atoms with Crippen molar-refractivity contribution < 1.29 is 17.6 Å². The Morgan fingerprint density at radius 3 is 2.37 bits per heavy atom. The number of rotatable bonds is 7. The number of halogens is 1. The van der Waals surface area contributed by atoms with Gasteiger partial charge < -0.3 is 5.32 Å². The Labute approximate surface area is 157 Å². The van der Waals surface area contributed by atoms with Crippen LogP contribution in [0.2, 0.25) is 0 Å². The van der Waals surface area contributed by atoms with Crippen molar-refractivity contribution in [3.05, 3.63) is 78.1 Å². The first-order valence-electron chi connectivity index (χ1n) is 8.44. The van der Waals surface area contributed by atoms with Gasteiger partial charge in [0.1, 0.15) is 5.82 Å². The molecule has 7 heteroatoms. The molecule has 0 atom stereocenters. The van der Waals surface area contributed by atoms with E-state index in [0.29, 0.717) is 0 Å². The minimum absolute atomic E-state index is 0.00794. The summed E-state index contributed by atoms with van der Waals surface area (Å²) in [4.78, 5) is 12.0. The van der Waals surface area contributed by atoms with Crippen molar-refractivity contribution in [2.75, 3.05) is 6.54 Å². The molecule has 3 aromatic rings. The summed E-state index contributed by atoms with van der Waals surface area (Å²) in [7, 11) is -3.69. The summed E-state index contributed by atoms with van der Waals surface area (Å²) in [5.74, 6) is -0.631. The van der Waals surface area contributed by atoms with E-state index in [1.54, 1.807) is 30.3 Å². The maximum absolute atomic E-state index is 12.8. The summed E-state index contributed by atoms with van der Waals surface area (Å²) in [6.45, 7) is 0.251. The lowest BCUT2D eigenvalue weighted by atomic mass is 10.1. The number of hydrogen-bond donors (Lipinski definition) is 2.